The third kappa shape index (κ3) is 6.48. The molecule has 0 bridgehead atoms. The van der Waals surface area contributed by atoms with Crippen LogP contribution in [0.2, 0.25) is 0 Å². The second-order valence-corrected chi connectivity index (χ2v) is 8.15. The molecule has 0 aliphatic heterocycles. The summed E-state index contributed by atoms with van der Waals surface area (Å²) in [5.74, 6) is 0. The Hall–Kier alpha value is -0.880. The standard InChI is InChI=1S/C16H32N3O2S/c1-4-5-6-7-8-9-10-11-12-13-18-14-15-19(16-18)22(20,21)17(2)3/h14-16H,4-13H2,1-3H3/q+1. The van der Waals surface area contributed by atoms with Gasteiger partial charge in [-0.1, -0.05) is 51.9 Å². The molecular weight excluding hydrogens is 298 g/mol. The van der Waals surface area contributed by atoms with Crippen molar-refractivity contribution in [2.75, 3.05) is 14.1 Å². The topological polar surface area (TPSA) is 46.2 Å². The van der Waals surface area contributed by atoms with Crippen LogP contribution in [0.3, 0.4) is 0 Å². The van der Waals surface area contributed by atoms with Gasteiger partial charge in [0.25, 0.3) is 6.33 Å². The lowest BCUT2D eigenvalue weighted by Crippen LogP contribution is -2.33. The highest BCUT2D eigenvalue weighted by molar-refractivity contribution is 7.87. The van der Waals surface area contributed by atoms with E-state index in [1.807, 2.05) is 10.8 Å². The number of aryl methyl sites for hydroxylation is 1. The maximum atomic E-state index is 11.9. The summed E-state index contributed by atoms with van der Waals surface area (Å²) >= 11 is 0. The number of imidazole rings is 1. The predicted molar refractivity (Wildman–Crippen MR) is 89.9 cm³/mol. The van der Waals surface area contributed by atoms with Gasteiger partial charge in [-0.15, -0.1) is 3.97 Å². The Labute approximate surface area is 136 Å². The molecule has 0 saturated heterocycles. The lowest BCUT2D eigenvalue weighted by atomic mass is 10.1. The fraction of sp³-hybridized carbons (Fsp3) is 0.812. The summed E-state index contributed by atoms with van der Waals surface area (Å²) in [4.78, 5) is 0. The van der Waals surface area contributed by atoms with E-state index >= 15 is 0 Å². The van der Waals surface area contributed by atoms with Crippen molar-refractivity contribution in [1.82, 2.24) is 8.28 Å². The van der Waals surface area contributed by atoms with Crippen LogP contribution in [0.15, 0.2) is 18.7 Å². The fourth-order valence-corrected chi connectivity index (χ4v) is 3.26. The molecule has 1 aromatic heterocycles. The van der Waals surface area contributed by atoms with Gasteiger partial charge in [0.15, 0.2) is 0 Å². The summed E-state index contributed by atoms with van der Waals surface area (Å²) in [7, 11) is -0.294. The van der Waals surface area contributed by atoms with Crippen molar-refractivity contribution >= 4 is 10.2 Å². The molecule has 0 saturated carbocycles. The van der Waals surface area contributed by atoms with E-state index in [9.17, 15) is 8.42 Å². The van der Waals surface area contributed by atoms with E-state index in [1.165, 1.54) is 59.6 Å². The van der Waals surface area contributed by atoms with Gasteiger partial charge in [-0.2, -0.15) is 12.7 Å². The summed E-state index contributed by atoms with van der Waals surface area (Å²) in [6.07, 6.45) is 16.8. The molecule has 5 nitrogen and oxygen atoms in total. The zero-order chi connectivity index (χ0) is 16.4. The maximum absolute atomic E-state index is 11.9. The lowest BCUT2D eigenvalue weighted by molar-refractivity contribution is -0.696. The zero-order valence-electron chi connectivity index (χ0n) is 14.4. The van der Waals surface area contributed by atoms with Gasteiger partial charge < -0.3 is 0 Å². The smallest absolute Gasteiger partial charge is 0.236 e. The number of unbranched alkanes of at least 4 members (excludes halogenated alkanes) is 8. The molecule has 1 rings (SSSR count). The first-order chi connectivity index (χ1) is 10.5. The average molecular weight is 331 g/mol. The first-order valence-electron chi connectivity index (χ1n) is 8.48. The Morgan fingerprint density at radius 3 is 2.05 bits per heavy atom. The second-order valence-electron chi connectivity index (χ2n) is 6.10. The normalized spacial score (nSPS) is 12.2. The van der Waals surface area contributed by atoms with Gasteiger partial charge in [0.2, 0.25) is 0 Å². The minimum atomic E-state index is -3.38. The summed E-state index contributed by atoms with van der Waals surface area (Å²) in [5.41, 5.74) is 0. The Balaban J connectivity index is 2.18. The SMILES string of the molecule is CCCCCCCCCCC[n+]1ccn(S(=O)(=O)N(C)C)c1. The van der Waals surface area contributed by atoms with E-state index in [2.05, 4.69) is 6.92 Å². The molecule has 0 N–H and O–H groups in total. The monoisotopic (exact) mass is 330 g/mol. The van der Waals surface area contributed by atoms with Gasteiger partial charge in [0, 0.05) is 14.1 Å². The summed E-state index contributed by atoms with van der Waals surface area (Å²) in [6, 6.07) is 0. The molecule has 128 valence electrons. The molecule has 0 unspecified atom stereocenters. The van der Waals surface area contributed by atoms with Crippen LogP contribution in [0, 0.1) is 0 Å². The number of rotatable bonds is 12. The van der Waals surface area contributed by atoms with E-state index in [4.69, 9.17) is 0 Å². The summed E-state index contributed by atoms with van der Waals surface area (Å²) in [6.45, 7) is 3.13. The summed E-state index contributed by atoms with van der Waals surface area (Å²) < 4.78 is 28.3. The van der Waals surface area contributed by atoms with Crippen LogP contribution in [-0.2, 0) is 16.8 Å². The third-order valence-electron chi connectivity index (χ3n) is 3.91. The van der Waals surface area contributed by atoms with Crippen molar-refractivity contribution in [3.8, 4) is 0 Å². The van der Waals surface area contributed by atoms with E-state index in [0.29, 0.717) is 0 Å². The minimum absolute atomic E-state index is 0.881. The van der Waals surface area contributed by atoms with Crippen LogP contribution in [0.25, 0.3) is 0 Å². The van der Waals surface area contributed by atoms with E-state index < -0.39 is 10.2 Å². The second kappa shape index (κ2) is 10.0. The predicted octanol–water partition coefficient (Wildman–Crippen LogP) is 2.96. The molecule has 22 heavy (non-hydrogen) atoms. The van der Waals surface area contributed by atoms with Crippen LogP contribution in [0.4, 0.5) is 0 Å². The lowest BCUT2D eigenvalue weighted by Gasteiger charge is -2.05. The van der Waals surface area contributed by atoms with E-state index in [0.717, 1.165) is 13.0 Å². The van der Waals surface area contributed by atoms with Crippen molar-refractivity contribution in [2.45, 2.75) is 71.3 Å². The molecule has 1 aromatic rings. The fourth-order valence-electron chi connectivity index (χ4n) is 2.44. The van der Waals surface area contributed by atoms with Crippen LogP contribution in [-0.4, -0.2) is 30.8 Å². The summed E-state index contributed by atoms with van der Waals surface area (Å²) in [5, 5.41) is 0. The van der Waals surface area contributed by atoms with Gasteiger partial charge in [-0.3, -0.25) is 0 Å². The van der Waals surface area contributed by atoms with Crippen LogP contribution in [0.1, 0.15) is 64.7 Å². The van der Waals surface area contributed by atoms with Gasteiger partial charge in [-0.25, -0.2) is 4.57 Å². The first-order valence-corrected chi connectivity index (χ1v) is 9.88. The number of aromatic nitrogens is 2. The Morgan fingerprint density at radius 2 is 1.50 bits per heavy atom. The molecule has 0 atom stereocenters. The third-order valence-corrected chi connectivity index (χ3v) is 5.59. The van der Waals surface area contributed by atoms with Crippen molar-refractivity contribution in [3.63, 3.8) is 0 Å². The quantitative estimate of drug-likeness (QED) is 0.437. The van der Waals surface area contributed by atoms with Crippen molar-refractivity contribution in [3.05, 3.63) is 18.7 Å². The van der Waals surface area contributed by atoms with E-state index in [1.54, 1.807) is 26.6 Å². The molecule has 6 heteroatoms. The number of hydrogen-bond acceptors (Lipinski definition) is 2. The maximum Gasteiger partial charge on any atom is 0.379 e. The zero-order valence-corrected chi connectivity index (χ0v) is 15.2. The molecule has 0 spiro atoms. The van der Waals surface area contributed by atoms with Crippen molar-refractivity contribution < 1.29 is 13.0 Å². The highest BCUT2D eigenvalue weighted by atomic mass is 32.2. The van der Waals surface area contributed by atoms with Gasteiger partial charge >= 0.3 is 10.2 Å². The van der Waals surface area contributed by atoms with Crippen LogP contribution >= 0.6 is 0 Å². The van der Waals surface area contributed by atoms with Gasteiger partial charge in [-0.05, 0) is 12.8 Å². The Morgan fingerprint density at radius 1 is 0.955 bits per heavy atom. The molecule has 0 fully saturated rings. The molecule has 0 aliphatic carbocycles. The molecule has 0 amide bonds. The van der Waals surface area contributed by atoms with Crippen molar-refractivity contribution in [1.29, 1.82) is 0 Å². The average Bonchev–Trinajstić information content (AvgIpc) is 2.95. The molecule has 1 heterocycles. The Kier molecular flexibility index (Phi) is 8.71. The minimum Gasteiger partial charge on any atom is -0.236 e. The largest absolute Gasteiger partial charge is 0.379 e. The van der Waals surface area contributed by atoms with Gasteiger partial charge in [0.1, 0.15) is 12.4 Å². The molecule has 0 aliphatic rings. The van der Waals surface area contributed by atoms with Crippen LogP contribution < -0.4 is 4.57 Å². The highest BCUT2D eigenvalue weighted by Gasteiger charge is 2.22. The Bertz CT molecular complexity index is 509. The molecule has 0 aromatic carbocycles. The number of nitrogens with zero attached hydrogens (tertiary/aromatic N) is 3. The molecular formula is C16H32N3O2S+. The van der Waals surface area contributed by atoms with Crippen molar-refractivity contribution in [2.24, 2.45) is 0 Å². The van der Waals surface area contributed by atoms with E-state index in [-0.39, 0.29) is 0 Å². The number of hydrogen-bond donors (Lipinski definition) is 0. The molecule has 0 radical (unpaired) electrons. The first kappa shape index (κ1) is 19.2. The van der Waals surface area contributed by atoms with Gasteiger partial charge in [0.05, 0.1) is 6.54 Å². The van der Waals surface area contributed by atoms with Crippen LogP contribution in [0.5, 0.6) is 0 Å². The highest BCUT2D eigenvalue weighted by Crippen LogP contribution is 2.09.